The molecule has 5 nitrogen and oxygen atoms in total. The number of hydrogen-bond donors (Lipinski definition) is 1. The van der Waals surface area contributed by atoms with Crippen LogP contribution >= 0.6 is 0 Å². The zero-order valence-electron chi connectivity index (χ0n) is 10.1. The van der Waals surface area contributed by atoms with E-state index >= 15 is 0 Å². The molecule has 0 saturated heterocycles. The third kappa shape index (κ3) is 1.84. The fourth-order valence-electron chi connectivity index (χ4n) is 2.16. The lowest BCUT2D eigenvalue weighted by molar-refractivity contribution is 0.212. The normalized spacial score (nSPS) is 13.5. The Labute approximate surface area is 105 Å². The van der Waals surface area contributed by atoms with E-state index in [-0.39, 0.29) is 6.03 Å². The van der Waals surface area contributed by atoms with Crippen LogP contribution in [0.2, 0.25) is 0 Å². The van der Waals surface area contributed by atoms with Crippen molar-refractivity contribution in [3.63, 3.8) is 0 Å². The number of rotatable bonds is 1. The van der Waals surface area contributed by atoms with Crippen molar-refractivity contribution < 1.29 is 4.79 Å². The van der Waals surface area contributed by atoms with Crippen LogP contribution in [0.15, 0.2) is 36.5 Å². The van der Waals surface area contributed by atoms with Crippen molar-refractivity contribution in [1.82, 2.24) is 14.7 Å². The van der Waals surface area contributed by atoms with E-state index < -0.39 is 0 Å². The van der Waals surface area contributed by atoms with E-state index in [4.69, 9.17) is 0 Å². The van der Waals surface area contributed by atoms with Crippen LogP contribution in [0, 0.1) is 0 Å². The molecule has 0 spiro atoms. The number of hydrogen-bond acceptors (Lipinski definition) is 2. The third-order valence-corrected chi connectivity index (χ3v) is 3.18. The van der Waals surface area contributed by atoms with Gasteiger partial charge in [-0.2, -0.15) is 5.10 Å². The first kappa shape index (κ1) is 10.8. The third-order valence-electron chi connectivity index (χ3n) is 3.18. The summed E-state index contributed by atoms with van der Waals surface area (Å²) in [6.45, 7) is 1.33. The van der Waals surface area contributed by atoms with Crippen molar-refractivity contribution in [3.8, 4) is 0 Å². The largest absolute Gasteiger partial charge is 0.323 e. The van der Waals surface area contributed by atoms with E-state index in [1.54, 1.807) is 28.9 Å². The Kier molecular flexibility index (Phi) is 2.51. The van der Waals surface area contributed by atoms with E-state index in [9.17, 15) is 4.79 Å². The molecule has 0 fully saturated rings. The van der Waals surface area contributed by atoms with Gasteiger partial charge in [-0.25, -0.2) is 4.79 Å². The standard InChI is InChI=1S/C13H14N4O/c1-16-12(6-7-14-16)15-13(18)17-8-10-4-2-3-5-11(10)9-17/h2-7H,8-9H2,1H3,(H,15,18). The summed E-state index contributed by atoms with van der Waals surface area (Å²) in [4.78, 5) is 13.9. The molecule has 2 aromatic rings. The predicted molar refractivity (Wildman–Crippen MR) is 67.9 cm³/mol. The molecule has 2 heterocycles. The van der Waals surface area contributed by atoms with Crippen molar-refractivity contribution in [2.45, 2.75) is 13.1 Å². The summed E-state index contributed by atoms with van der Waals surface area (Å²) in [5.74, 6) is 0.705. The summed E-state index contributed by atoms with van der Waals surface area (Å²) in [5.41, 5.74) is 2.44. The van der Waals surface area contributed by atoms with E-state index in [1.807, 2.05) is 12.1 Å². The Balaban J connectivity index is 1.71. The monoisotopic (exact) mass is 242 g/mol. The van der Waals surface area contributed by atoms with Crippen LogP contribution in [-0.2, 0) is 20.1 Å². The molecule has 3 rings (SSSR count). The van der Waals surface area contributed by atoms with Gasteiger partial charge >= 0.3 is 6.03 Å². The zero-order valence-corrected chi connectivity index (χ0v) is 10.1. The first-order valence-corrected chi connectivity index (χ1v) is 5.85. The Bertz CT molecular complexity index is 565. The zero-order chi connectivity index (χ0) is 12.5. The van der Waals surface area contributed by atoms with Crippen LogP contribution in [0.4, 0.5) is 10.6 Å². The molecule has 92 valence electrons. The van der Waals surface area contributed by atoms with Gasteiger partial charge in [0.25, 0.3) is 0 Å². The molecule has 0 unspecified atom stereocenters. The number of amides is 2. The number of aromatic nitrogens is 2. The van der Waals surface area contributed by atoms with E-state index in [2.05, 4.69) is 22.5 Å². The van der Waals surface area contributed by atoms with Crippen molar-refractivity contribution in [2.24, 2.45) is 7.05 Å². The summed E-state index contributed by atoms with van der Waals surface area (Å²) in [5, 5.41) is 6.87. The molecule has 2 amide bonds. The first-order valence-electron chi connectivity index (χ1n) is 5.85. The van der Waals surface area contributed by atoms with Gasteiger partial charge in [0.1, 0.15) is 5.82 Å². The Morgan fingerprint density at radius 1 is 1.22 bits per heavy atom. The summed E-state index contributed by atoms with van der Waals surface area (Å²) in [7, 11) is 1.80. The molecule has 0 atom stereocenters. The minimum absolute atomic E-state index is 0.0881. The number of anilines is 1. The molecule has 0 radical (unpaired) electrons. The van der Waals surface area contributed by atoms with Crippen molar-refractivity contribution in [1.29, 1.82) is 0 Å². The maximum atomic E-state index is 12.1. The average Bonchev–Trinajstić information content (AvgIpc) is 2.96. The molecule has 0 bridgehead atoms. The maximum absolute atomic E-state index is 12.1. The minimum atomic E-state index is -0.0881. The average molecular weight is 242 g/mol. The van der Waals surface area contributed by atoms with Crippen LogP contribution in [0.3, 0.4) is 0 Å². The topological polar surface area (TPSA) is 50.2 Å². The maximum Gasteiger partial charge on any atom is 0.323 e. The van der Waals surface area contributed by atoms with E-state index in [0.717, 1.165) is 0 Å². The van der Waals surface area contributed by atoms with Crippen LogP contribution < -0.4 is 5.32 Å². The lowest BCUT2D eigenvalue weighted by atomic mass is 10.1. The second-order valence-corrected chi connectivity index (χ2v) is 4.39. The van der Waals surface area contributed by atoms with Crippen LogP contribution in [0.25, 0.3) is 0 Å². The van der Waals surface area contributed by atoms with Gasteiger partial charge in [-0.3, -0.25) is 10.00 Å². The van der Waals surface area contributed by atoms with Crippen LogP contribution in [0.5, 0.6) is 0 Å². The molecule has 1 aliphatic rings. The Morgan fingerprint density at radius 3 is 2.44 bits per heavy atom. The number of carbonyl (C=O) groups is 1. The number of nitrogens with zero attached hydrogens (tertiary/aromatic N) is 3. The van der Waals surface area contributed by atoms with Gasteiger partial charge in [-0.05, 0) is 11.1 Å². The SMILES string of the molecule is Cn1nccc1NC(=O)N1Cc2ccccc2C1. The van der Waals surface area contributed by atoms with E-state index in [0.29, 0.717) is 18.9 Å². The van der Waals surface area contributed by atoms with Crippen molar-refractivity contribution in [2.75, 3.05) is 5.32 Å². The number of benzene rings is 1. The minimum Gasteiger partial charge on any atom is -0.316 e. The van der Waals surface area contributed by atoms with Gasteiger partial charge in [0.2, 0.25) is 0 Å². The highest BCUT2D eigenvalue weighted by atomic mass is 16.2. The van der Waals surface area contributed by atoms with Crippen LogP contribution in [0.1, 0.15) is 11.1 Å². The van der Waals surface area contributed by atoms with Gasteiger partial charge in [0.15, 0.2) is 0 Å². The lowest BCUT2D eigenvalue weighted by Gasteiger charge is -2.16. The molecule has 5 heteroatoms. The van der Waals surface area contributed by atoms with Gasteiger partial charge in [0.05, 0.1) is 6.20 Å². The molecular weight excluding hydrogens is 228 g/mol. The molecule has 0 aliphatic carbocycles. The van der Waals surface area contributed by atoms with Crippen molar-refractivity contribution in [3.05, 3.63) is 47.7 Å². The predicted octanol–water partition coefficient (Wildman–Crippen LogP) is 1.97. The Morgan fingerprint density at radius 2 is 1.89 bits per heavy atom. The lowest BCUT2D eigenvalue weighted by Crippen LogP contribution is -2.30. The molecule has 1 aromatic heterocycles. The second kappa shape index (κ2) is 4.18. The molecule has 1 aliphatic heterocycles. The van der Waals surface area contributed by atoms with Crippen LogP contribution in [-0.4, -0.2) is 20.7 Å². The molecular formula is C13H14N4O. The fourth-order valence-corrected chi connectivity index (χ4v) is 2.16. The van der Waals surface area contributed by atoms with E-state index in [1.165, 1.54) is 11.1 Å². The number of aryl methyl sites for hydroxylation is 1. The molecule has 1 N–H and O–H groups in total. The smallest absolute Gasteiger partial charge is 0.316 e. The summed E-state index contributed by atoms with van der Waals surface area (Å²) >= 11 is 0. The highest BCUT2D eigenvalue weighted by Gasteiger charge is 2.23. The fraction of sp³-hybridized carbons (Fsp3) is 0.231. The van der Waals surface area contributed by atoms with Gasteiger partial charge < -0.3 is 4.90 Å². The number of fused-ring (bicyclic) bond motifs is 1. The van der Waals surface area contributed by atoms with Gasteiger partial charge in [-0.15, -0.1) is 0 Å². The Hall–Kier alpha value is -2.30. The summed E-state index contributed by atoms with van der Waals surface area (Å²) < 4.78 is 1.64. The number of nitrogens with one attached hydrogen (secondary N) is 1. The van der Waals surface area contributed by atoms with Gasteiger partial charge in [0, 0.05) is 26.2 Å². The summed E-state index contributed by atoms with van der Waals surface area (Å²) in [6, 6.07) is 9.82. The molecule has 0 saturated carbocycles. The highest BCUT2D eigenvalue weighted by molar-refractivity contribution is 5.88. The van der Waals surface area contributed by atoms with Crippen molar-refractivity contribution >= 4 is 11.8 Å². The quantitative estimate of drug-likeness (QED) is 0.831. The summed E-state index contributed by atoms with van der Waals surface area (Å²) in [6.07, 6.45) is 1.66. The molecule has 1 aromatic carbocycles. The van der Waals surface area contributed by atoms with Gasteiger partial charge in [-0.1, -0.05) is 24.3 Å². The first-order chi connectivity index (χ1) is 8.74. The molecule has 18 heavy (non-hydrogen) atoms. The number of urea groups is 1. The highest BCUT2D eigenvalue weighted by Crippen LogP contribution is 2.22. The number of carbonyl (C=O) groups excluding carboxylic acids is 1. The second-order valence-electron chi connectivity index (χ2n) is 4.39.